The first-order valence-electron chi connectivity index (χ1n) is 4.92. The van der Waals surface area contributed by atoms with E-state index in [2.05, 4.69) is 20.8 Å². The van der Waals surface area contributed by atoms with E-state index in [1.54, 1.807) is 0 Å². The van der Waals surface area contributed by atoms with Gasteiger partial charge in [0.15, 0.2) is 0 Å². The van der Waals surface area contributed by atoms with Crippen LogP contribution in [-0.4, -0.2) is 29.2 Å². The zero-order chi connectivity index (χ0) is 10.9. The highest BCUT2D eigenvalue weighted by molar-refractivity contribution is 7.15. The average molecular weight is 263 g/mol. The maximum absolute atomic E-state index is 11.9. The molecule has 1 fully saturated rings. The molecule has 16 heavy (non-hydrogen) atoms. The fraction of sp³-hybridized carbons (Fsp3) is 0.667. The molecular formula is C9H15ClN4OS. The standard InChI is InChI=1S/C9H14N4OS.ClH/c1-6-12-13-8(15-6)11-7(14)9(2)3-4-10-5-9;/h10H,3-5H2,1-2H3,(H,11,13,14);1H. The van der Waals surface area contributed by atoms with Crippen molar-refractivity contribution in [3.8, 4) is 0 Å². The van der Waals surface area contributed by atoms with Crippen LogP contribution in [0.25, 0.3) is 0 Å². The van der Waals surface area contributed by atoms with Gasteiger partial charge in [0.2, 0.25) is 11.0 Å². The largest absolute Gasteiger partial charge is 0.316 e. The summed E-state index contributed by atoms with van der Waals surface area (Å²) in [5, 5.41) is 15.2. The third kappa shape index (κ3) is 2.69. The third-order valence-corrected chi connectivity index (χ3v) is 3.42. The molecule has 5 nitrogen and oxygen atoms in total. The van der Waals surface area contributed by atoms with Crippen molar-refractivity contribution in [1.82, 2.24) is 15.5 Å². The Morgan fingerprint density at radius 2 is 2.31 bits per heavy atom. The van der Waals surface area contributed by atoms with Crippen molar-refractivity contribution in [1.29, 1.82) is 0 Å². The van der Waals surface area contributed by atoms with Gasteiger partial charge in [-0.1, -0.05) is 11.3 Å². The van der Waals surface area contributed by atoms with Gasteiger partial charge in [0.1, 0.15) is 5.01 Å². The monoisotopic (exact) mass is 262 g/mol. The smallest absolute Gasteiger partial charge is 0.233 e. The predicted octanol–water partition coefficient (Wildman–Crippen LogP) is 1.21. The summed E-state index contributed by atoms with van der Waals surface area (Å²) in [6.45, 7) is 5.47. The number of hydrogen-bond acceptors (Lipinski definition) is 5. The van der Waals surface area contributed by atoms with Gasteiger partial charge in [-0.15, -0.1) is 22.6 Å². The lowest BCUT2D eigenvalue weighted by molar-refractivity contribution is -0.123. The molecular weight excluding hydrogens is 248 g/mol. The lowest BCUT2D eigenvalue weighted by Crippen LogP contribution is -2.35. The topological polar surface area (TPSA) is 66.9 Å². The van der Waals surface area contributed by atoms with Gasteiger partial charge in [0.05, 0.1) is 5.41 Å². The van der Waals surface area contributed by atoms with Crippen LogP contribution in [0.5, 0.6) is 0 Å². The number of nitrogens with one attached hydrogen (secondary N) is 2. The molecule has 1 aliphatic heterocycles. The molecule has 0 bridgehead atoms. The fourth-order valence-corrected chi connectivity index (χ4v) is 2.19. The number of rotatable bonds is 2. The molecule has 1 aromatic heterocycles. The first-order chi connectivity index (χ1) is 7.10. The van der Waals surface area contributed by atoms with E-state index in [0.29, 0.717) is 5.13 Å². The van der Waals surface area contributed by atoms with Crippen LogP contribution >= 0.6 is 23.7 Å². The van der Waals surface area contributed by atoms with Gasteiger partial charge in [-0.05, 0) is 26.8 Å². The Morgan fingerprint density at radius 1 is 1.56 bits per heavy atom. The van der Waals surface area contributed by atoms with E-state index in [0.717, 1.165) is 24.5 Å². The van der Waals surface area contributed by atoms with Gasteiger partial charge in [0.25, 0.3) is 0 Å². The minimum Gasteiger partial charge on any atom is -0.316 e. The second-order valence-corrected chi connectivity index (χ2v) is 5.25. The predicted molar refractivity (Wildman–Crippen MR) is 66.1 cm³/mol. The first-order valence-corrected chi connectivity index (χ1v) is 5.74. The summed E-state index contributed by atoms with van der Waals surface area (Å²) in [4.78, 5) is 11.9. The van der Waals surface area contributed by atoms with Gasteiger partial charge in [-0.3, -0.25) is 4.79 Å². The molecule has 1 aliphatic rings. The Kier molecular flexibility index (Phi) is 4.23. The highest BCUT2D eigenvalue weighted by atomic mass is 35.5. The fourth-order valence-electron chi connectivity index (χ4n) is 1.61. The van der Waals surface area contributed by atoms with Crippen LogP contribution in [0.1, 0.15) is 18.4 Å². The van der Waals surface area contributed by atoms with Crippen molar-refractivity contribution in [3.63, 3.8) is 0 Å². The summed E-state index contributed by atoms with van der Waals surface area (Å²) < 4.78 is 0. The molecule has 0 saturated carbocycles. The van der Waals surface area contributed by atoms with Crippen LogP contribution in [0.4, 0.5) is 5.13 Å². The Labute approximate surface area is 104 Å². The van der Waals surface area contributed by atoms with Crippen molar-refractivity contribution in [2.45, 2.75) is 20.3 Å². The van der Waals surface area contributed by atoms with E-state index in [9.17, 15) is 4.79 Å². The third-order valence-electron chi connectivity index (χ3n) is 2.66. The molecule has 1 amide bonds. The SMILES string of the molecule is Cc1nnc(NC(=O)C2(C)CCNC2)s1.Cl. The van der Waals surface area contributed by atoms with E-state index < -0.39 is 0 Å². The van der Waals surface area contributed by atoms with Gasteiger partial charge >= 0.3 is 0 Å². The number of aryl methyl sites for hydroxylation is 1. The number of anilines is 1. The van der Waals surface area contributed by atoms with Crippen molar-refractivity contribution in [3.05, 3.63) is 5.01 Å². The summed E-state index contributed by atoms with van der Waals surface area (Å²) >= 11 is 1.40. The van der Waals surface area contributed by atoms with Gasteiger partial charge in [-0.25, -0.2) is 0 Å². The number of nitrogens with zero attached hydrogens (tertiary/aromatic N) is 2. The second-order valence-electron chi connectivity index (χ2n) is 4.07. The van der Waals surface area contributed by atoms with E-state index >= 15 is 0 Å². The number of hydrogen-bond donors (Lipinski definition) is 2. The van der Waals surface area contributed by atoms with E-state index in [-0.39, 0.29) is 23.7 Å². The zero-order valence-electron chi connectivity index (χ0n) is 9.24. The van der Waals surface area contributed by atoms with Crippen LogP contribution in [0.2, 0.25) is 0 Å². The molecule has 1 atom stereocenters. The van der Waals surface area contributed by atoms with E-state index in [4.69, 9.17) is 0 Å². The molecule has 2 rings (SSSR count). The molecule has 1 saturated heterocycles. The first kappa shape index (κ1) is 13.3. The maximum Gasteiger partial charge on any atom is 0.233 e. The summed E-state index contributed by atoms with van der Waals surface area (Å²) in [7, 11) is 0. The lowest BCUT2D eigenvalue weighted by Gasteiger charge is -2.19. The number of carbonyl (C=O) groups is 1. The molecule has 1 unspecified atom stereocenters. The number of aromatic nitrogens is 2. The Bertz CT molecular complexity index is 375. The quantitative estimate of drug-likeness (QED) is 0.841. The maximum atomic E-state index is 11.9. The van der Waals surface area contributed by atoms with Crippen LogP contribution < -0.4 is 10.6 Å². The Hall–Kier alpha value is -0.720. The molecule has 1 aromatic rings. The summed E-state index contributed by atoms with van der Waals surface area (Å²) in [6.07, 6.45) is 0.872. The van der Waals surface area contributed by atoms with Crippen molar-refractivity contribution in [2.24, 2.45) is 5.41 Å². The van der Waals surface area contributed by atoms with Crippen molar-refractivity contribution < 1.29 is 4.79 Å². The minimum absolute atomic E-state index is 0. The Balaban J connectivity index is 0.00000128. The molecule has 2 N–H and O–H groups in total. The van der Waals surface area contributed by atoms with E-state index in [1.165, 1.54) is 11.3 Å². The molecule has 0 aliphatic carbocycles. The van der Waals surface area contributed by atoms with Gasteiger partial charge in [-0.2, -0.15) is 0 Å². The molecule has 0 radical (unpaired) electrons. The van der Waals surface area contributed by atoms with Crippen LogP contribution in [0.3, 0.4) is 0 Å². The van der Waals surface area contributed by atoms with Crippen molar-refractivity contribution >= 4 is 34.8 Å². The molecule has 0 spiro atoms. The zero-order valence-corrected chi connectivity index (χ0v) is 10.9. The average Bonchev–Trinajstić information content (AvgIpc) is 2.76. The Morgan fingerprint density at radius 3 is 2.81 bits per heavy atom. The number of halogens is 1. The summed E-state index contributed by atoms with van der Waals surface area (Å²) in [5.74, 6) is 0.0312. The second kappa shape index (κ2) is 5.07. The molecule has 7 heteroatoms. The molecule has 90 valence electrons. The van der Waals surface area contributed by atoms with E-state index in [1.807, 2.05) is 13.8 Å². The van der Waals surface area contributed by atoms with Crippen LogP contribution in [-0.2, 0) is 4.79 Å². The van der Waals surface area contributed by atoms with Gasteiger partial charge in [0, 0.05) is 6.54 Å². The number of carbonyl (C=O) groups excluding carboxylic acids is 1. The van der Waals surface area contributed by atoms with Crippen molar-refractivity contribution in [2.75, 3.05) is 18.4 Å². The van der Waals surface area contributed by atoms with Gasteiger partial charge < -0.3 is 10.6 Å². The highest BCUT2D eigenvalue weighted by Crippen LogP contribution is 2.26. The minimum atomic E-state index is -0.306. The molecule has 0 aromatic carbocycles. The highest BCUT2D eigenvalue weighted by Gasteiger charge is 2.36. The lowest BCUT2D eigenvalue weighted by atomic mass is 9.89. The normalized spacial score (nSPS) is 23.9. The van der Waals surface area contributed by atoms with Crippen LogP contribution in [0.15, 0.2) is 0 Å². The summed E-state index contributed by atoms with van der Waals surface area (Å²) in [5.41, 5.74) is -0.306. The number of amides is 1. The molecule has 2 heterocycles. The summed E-state index contributed by atoms with van der Waals surface area (Å²) in [6, 6.07) is 0. The van der Waals surface area contributed by atoms with Crippen LogP contribution in [0, 0.1) is 12.3 Å².